The monoisotopic (exact) mass is 485 g/mol. The molecule has 1 N–H and O–H groups in total. The summed E-state index contributed by atoms with van der Waals surface area (Å²) in [6, 6.07) is 37.4. The highest BCUT2D eigenvalue weighted by molar-refractivity contribution is 6.66. The lowest BCUT2D eigenvalue weighted by atomic mass is 9.99. The second kappa shape index (κ2) is 8.36. The first-order chi connectivity index (χ1) is 17.7. The zero-order valence-electron chi connectivity index (χ0n) is 19.2. The van der Waals surface area contributed by atoms with Gasteiger partial charge in [0.2, 0.25) is 5.29 Å². The van der Waals surface area contributed by atoms with Crippen LogP contribution in [0, 0.1) is 0 Å². The molecule has 0 saturated carbocycles. The lowest BCUT2D eigenvalue weighted by Gasteiger charge is -2.22. The van der Waals surface area contributed by atoms with Gasteiger partial charge in [-0.05, 0) is 57.3 Å². The standard InChI is InChI=1S/C31H20ClN3O/c32-31-34-29(21-15-12-20(13-16-21)23-17-14-19-6-1-2-7-22(19)18-23)33-30(35-31)25-9-5-11-27-28(25)24-8-3-4-10-26(24)36-27/h1-18,29H,(H,33,34,35). The first kappa shape index (κ1) is 20.9. The molecular weight excluding hydrogens is 466 g/mol. The Kier molecular flexibility index (Phi) is 4.86. The van der Waals surface area contributed by atoms with E-state index in [1.807, 2.05) is 36.4 Å². The number of nitrogens with one attached hydrogen (secondary N) is 1. The average molecular weight is 486 g/mol. The SMILES string of the molecule is ClC1=NC(c2ccc(-c3ccc4ccccc4c3)cc2)NC(c2cccc3oc4ccccc4c23)=N1. The van der Waals surface area contributed by atoms with Gasteiger partial charge in [0, 0.05) is 16.3 Å². The fourth-order valence-corrected chi connectivity index (χ4v) is 5.10. The van der Waals surface area contributed by atoms with E-state index >= 15 is 0 Å². The summed E-state index contributed by atoms with van der Waals surface area (Å²) in [5, 5.41) is 8.22. The van der Waals surface area contributed by atoms with Crippen molar-refractivity contribution in [2.24, 2.45) is 9.98 Å². The van der Waals surface area contributed by atoms with Crippen LogP contribution in [-0.4, -0.2) is 11.1 Å². The van der Waals surface area contributed by atoms with E-state index in [4.69, 9.17) is 16.0 Å². The molecule has 1 aliphatic heterocycles. The van der Waals surface area contributed by atoms with E-state index in [9.17, 15) is 0 Å². The Bertz CT molecular complexity index is 1830. The summed E-state index contributed by atoms with van der Waals surface area (Å²) in [4.78, 5) is 9.10. The molecule has 6 aromatic rings. The number of hydrogen-bond acceptors (Lipinski definition) is 4. The molecule has 5 heteroatoms. The molecule has 4 nitrogen and oxygen atoms in total. The van der Waals surface area contributed by atoms with Crippen LogP contribution in [0.3, 0.4) is 0 Å². The Hall–Kier alpha value is -4.41. The minimum atomic E-state index is -0.343. The van der Waals surface area contributed by atoms with Gasteiger partial charge in [-0.3, -0.25) is 0 Å². The number of rotatable bonds is 3. The molecule has 0 aliphatic carbocycles. The number of benzene rings is 5. The molecule has 0 saturated heterocycles. The van der Waals surface area contributed by atoms with Gasteiger partial charge in [0.15, 0.2) is 0 Å². The molecule has 36 heavy (non-hydrogen) atoms. The second-order valence-corrected chi connectivity index (χ2v) is 9.20. The van der Waals surface area contributed by atoms with Crippen LogP contribution in [0.5, 0.6) is 0 Å². The van der Waals surface area contributed by atoms with Gasteiger partial charge in [0.05, 0.1) is 0 Å². The molecule has 0 spiro atoms. The van der Waals surface area contributed by atoms with Crippen molar-refractivity contribution < 1.29 is 4.42 Å². The number of furan rings is 1. The van der Waals surface area contributed by atoms with Gasteiger partial charge in [-0.15, -0.1) is 0 Å². The number of aliphatic imine (C=N–C) groups is 2. The molecular formula is C31H20ClN3O. The quantitative estimate of drug-likeness (QED) is 0.258. The van der Waals surface area contributed by atoms with Crippen molar-refractivity contribution in [3.63, 3.8) is 0 Å². The lowest BCUT2D eigenvalue weighted by Crippen LogP contribution is -2.32. The molecule has 2 heterocycles. The number of fused-ring (bicyclic) bond motifs is 4. The molecule has 7 rings (SSSR count). The van der Waals surface area contributed by atoms with E-state index in [0.29, 0.717) is 5.84 Å². The van der Waals surface area contributed by atoms with Gasteiger partial charge in [0.25, 0.3) is 0 Å². The number of halogens is 1. The summed E-state index contributed by atoms with van der Waals surface area (Å²) in [5.41, 5.74) is 5.93. The highest BCUT2D eigenvalue weighted by atomic mass is 35.5. The van der Waals surface area contributed by atoms with Crippen LogP contribution in [0.15, 0.2) is 124 Å². The lowest BCUT2D eigenvalue weighted by molar-refractivity contribution is 0.668. The van der Waals surface area contributed by atoms with Crippen LogP contribution in [0.25, 0.3) is 43.8 Å². The van der Waals surface area contributed by atoms with Crippen molar-refractivity contribution in [1.82, 2.24) is 5.32 Å². The van der Waals surface area contributed by atoms with Crippen LogP contribution in [-0.2, 0) is 0 Å². The maximum Gasteiger partial charge on any atom is 0.222 e. The molecule has 0 fully saturated rings. The predicted molar refractivity (Wildman–Crippen MR) is 149 cm³/mol. The molecule has 1 aliphatic rings. The Morgan fingerprint density at radius 1 is 0.694 bits per heavy atom. The zero-order chi connectivity index (χ0) is 24.1. The van der Waals surface area contributed by atoms with Crippen LogP contribution in [0.1, 0.15) is 17.3 Å². The number of amidine groups is 2. The van der Waals surface area contributed by atoms with Crippen LogP contribution in [0.2, 0.25) is 0 Å². The topological polar surface area (TPSA) is 49.9 Å². The Balaban J connectivity index is 1.23. The summed E-state index contributed by atoms with van der Waals surface area (Å²) in [7, 11) is 0. The number of hydrogen-bond donors (Lipinski definition) is 1. The number of nitrogens with zero attached hydrogens (tertiary/aromatic N) is 2. The van der Waals surface area contributed by atoms with Crippen molar-refractivity contribution in [2.75, 3.05) is 0 Å². The van der Waals surface area contributed by atoms with Crippen LogP contribution < -0.4 is 5.32 Å². The maximum atomic E-state index is 6.43. The van der Waals surface area contributed by atoms with Gasteiger partial charge in [-0.25, -0.2) is 9.98 Å². The second-order valence-electron chi connectivity index (χ2n) is 8.87. The van der Waals surface area contributed by atoms with Gasteiger partial charge in [-0.1, -0.05) is 91.0 Å². The summed E-state index contributed by atoms with van der Waals surface area (Å²) in [6.07, 6.45) is -0.343. The molecule has 1 atom stereocenters. The Labute approximate surface area is 212 Å². The van der Waals surface area contributed by atoms with E-state index in [1.165, 1.54) is 16.3 Å². The van der Waals surface area contributed by atoms with Crippen molar-refractivity contribution >= 4 is 55.4 Å². The highest BCUT2D eigenvalue weighted by Crippen LogP contribution is 2.33. The predicted octanol–water partition coefficient (Wildman–Crippen LogP) is 8.05. The molecule has 5 aromatic carbocycles. The van der Waals surface area contributed by atoms with Crippen molar-refractivity contribution in [2.45, 2.75) is 6.17 Å². The Morgan fingerprint density at radius 2 is 1.44 bits per heavy atom. The fourth-order valence-electron chi connectivity index (χ4n) is 4.92. The average Bonchev–Trinajstić information content (AvgIpc) is 3.31. The third-order valence-corrected chi connectivity index (χ3v) is 6.86. The fraction of sp³-hybridized carbons (Fsp3) is 0.0323. The first-order valence-electron chi connectivity index (χ1n) is 11.8. The summed E-state index contributed by atoms with van der Waals surface area (Å²) < 4.78 is 6.06. The number of para-hydroxylation sites is 1. The molecule has 172 valence electrons. The third kappa shape index (κ3) is 3.55. The minimum absolute atomic E-state index is 0.220. The van der Waals surface area contributed by atoms with Gasteiger partial charge in [-0.2, -0.15) is 0 Å². The summed E-state index contributed by atoms with van der Waals surface area (Å²) in [5.74, 6) is 0.677. The van der Waals surface area contributed by atoms with Crippen LogP contribution >= 0.6 is 11.6 Å². The summed E-state index contributed by atoms with van der Waals surface area (Å²) >= 11 is 6.43. The van der Waals surface area contributed by atoms with Gasteiger partial charge in [0.1, 0.15) is 23.2 Å². The normalized spacial score (nSPS) is 15.6. The molecule has 1 unspecified atom stereocenters. The third-order valence-electron chi connectivity index (χ3n) is 6.68. The van der Waals surface area contributed by atoms with Gasteiger partial charge < -0.3 is 9.73 Å². The largest absolute Gasteiger partial charge is 0.456 e. The van der Waals surface area contributed by atoms with Crippen molar-refractivity contribution in [1.29, 1.82) is 0 Å². The molecule has 0 radical (unpaired) electrons. The van der Waals surface area contributed by atoms with E-state index in [1.54, 1.807) is 0 Å². The summed E-state index contributed by atoms with van der Waals surface area (Å²) in [6.45, 7) is 0. The van der Waals surface area contributed by atoms with Gasteiger partial charge >= 0.3 is 0 Å². The molecule has 1 aromatic heterocycles. The van der Waals surface area contributed by atoms with E-state index in [0.717, 1.165) is 38.6 Å². The molecule has 0 amide bonds. The first-order valence-corrected chi connectivity index (χ1v) is 12.2. The Morgan fingerprint density at radius 3 is 2.33 bits per heavy atom. The van der Waals surface area contributed by atoms with E-state index < -0.39 is 0 Å². The zero-order valence-corrected chi connectivity index (χ0v) is 19.9. The van der Waals surface area contributed by atoms with Crippen LogP contribution in [0.4, 0.5) is 0 Å². The smallest absolute Gasteiger partial charge is 0.222 e. The van der Waals surface area contributed by atoms with E-state index in [-0.39, 0.29) is 11.5 Å². The highest BCUT2D eigenvalue weighted by Gasteiger charge is 2.22. The minimum Gasteiger partial charge on any atom is -0.456 e. The molecule has 0 bridgehead atoms. The van der Waals surface area contributed by atoms with Crippen molar-refractivity contribution in [3.8, 4) is 11.1 Å². The maximum absolute atomic E-state index is 6.43. The van der Waals surface area contributed by atoms with E-state index in [2.05, 4.69) is 88.1 Å². The van der Waals surface area contributed by atoms with Crippen molar-refractivity contribution in [3.05, 3.63) is 120 Å².